The molecule has 0 bridgehead atoms. The Hall–Kier alpha value is -1.90. The molecule has 5 heteroatoms. The first-order valence-corrected chi connectivity index (χ1v) is 6.85. The second kappa shape index (κ2) is 9.92. The van der Waals surface area contributed by atoms with Crippen LogP contribution in [0.3, 0.4) is 0 Å². The molecule has 4 nitrogen and oxygen atoms in total. The van der Waals surface area contributed by atoms with Gasteiger partial charge in [-0.15, -0.1) is 0 Å². The lowest BCUT2D eigenvalue weighted by Crippen LogP contribution is -2.25. The molecule has 0 unspecified atom stereocenters. The number of amides is 1. The third-order valence-corrected chi connectivity index (χ3v) is 2.84. The summed E-state index contributed by atoms with van der Waals surface area (Å²) < 4.78 is 18.1. The topological polar surface area (TPSA) is 58.6 Å². The van der Waals surface area contributed by atoms with E-state index in [4.69, 9.17) is 9.84 Å². The summed E-state index contributed by atoms with van der Waals surface area (Å²) in [5.41, 5.74) is 0.593. The Morgan fingerprint density at radius 2 is 2.19 bits per heavy atom. The molecule has 1 aromatic carbocycles. The molecule has 0 aliphatic carbocycles. The molecule has 1 rings (SSSR count). The van der Waals surface area contributed by atoms with Crippen LogP contribution in [-0.4, -0.2) is 37.9 Å². The lowest BCUT2D eigenvalue weighted by atomic mass is 10.1. The lowest BCUT2D eigenvalue weighted by Gasteiger charge is -2.07. The molecule has 0 atom stereocenters. The summed E-state index contributed by atoms with van der Waals surface area (Å²) >= 11 is 0. The van der Waals surface area contributed by atoms with E-state index in [0.29, 0.717) is 18.7 Å². The minimum atomic E-state index is -0.464. The van der Waals surface area contributed by atoms with Crippen molar-refractivity contribution in [1.82, 2.24) is 5.32 Å². The highest BCUT2D eigenvalue weighted by Crippen LogP contribution is 2.10. The summed E-state index contributed by atoms with van der Waals surface area (Å²) in [6, 6.07) is 3.81. The number of hydrogen-bond acceptors (Lipinski definition) is 3. The normalized spacial score (nSPS) is 9.86. The smallest absolute Gasteiger partial charge is 0.252 e. The van der Waals surface area contributed by atoms with Crippen LogP contribution in [0.1, 0.15) is 35.2 Å². The van der Waals surface area contributed by atoms with Crippen LogP contribution in [0.4, 0.5) is 4.39 Å². The van der Waals surface area contributed by atoms with Crippen molar-refractivity contribution in [3.8, 4) is 11.8 Å². The van der Waals surface area contributed by atoms with E-state index in [0.717, 1.165) is 19.3 Å². The van der Waals surface area contributed by atoms with E-state index in [1.54, 1.807) is 7.11 Å². The highest BCUT2D eigenvalue weighted by molar-refractivity contribution is 5.96. The number of carbonyl (C=O) groups is 1. The van der Waals surface area contributed by atoms with E-state index < -0.39 is 5.82 Å². The van der Waals surface area contributed by atoms with Gasteiger partial charge in [-0.2, -0.15) is 0 Å². The van der Waals surface area contributed by atoms with Crippen molar-refractivity contribution in [3.05, 3.63) is 35.1 Å². The SMILES string of the molecule is COCCCCCNC(=O)c1ccc(F)cc1C#CCO. The maximum atomic E-state index is 13.2. The van der Waals surface area contributed by atoms with Gasteiger partial charge in [0.15, 0.2) is 0 Å². The molecule has 0 aromatic heterocycles. The molecule has 0 spiro atoms. The number of aliphatic hydroxyl groups is 1. The molecule has 0 aliphatic heterocycles. The molecule has 1 aromatic rings. The van der Waals surface area contributed by atoms with Crippen molar-refractivity contribution in [2.24, 2.45) is 0 Å². The van der Waals surface area contributed by atoms with E-state index in [1.807, 2.05) is 0 Å². The number of carbonyl (C=O) groups excluding carboxylic acids is 1. The molecule has 21 heavy (non-hydrogen) atoms. The third kappa shape index (κ3) is 6.39. The zero-order valence-electron chi connectivity index (χ0n) is 12.1. The van der Waals surface area contributed by atoms with Crippen molar-refractivity contribution >= 4 is 5.91 Å². The van der Waals surface area contributed by atoms with Crippen molar-refractivity contribution in [1.29, 1.82) is 0 Å². The van der Waals surface area contributed by atoms with Crippen LogP contribution in [0, 0.1) is 17.7 Å². The van der Waals surface area contributed by atoms with Gasteiger partial charge in [0.1, 0.15) is 12.4 Å². The van der Waals surface area contributed by atoms with Crippen LogP contribution in [0.15, 0.2) is 18.2 Å². The molecule has 0 aliphatic rings. The molecule has 114 valence electrons. The zero-order valence-corrected chi connectivity index (χ0v) is 12.1. The van der Waals surface area contributed by atoms with Crippen LogP contribution in [0.5, 0.6) is 0 Å². The average Bonchev–Trinajstić information content (AvgIpc) is 2.48. The van der Waals surface area contributed by atoms with Gasteiger partial charge in [-0.05, 0) is 37.5 Å². The van der Waals surface area contributed by atoms with Gasteiger partial charge in [-0.3, -0.25) is 4.79 Å². The predicted molar refractivity (Wildman–Crippen MR) is 78.4 cm³/mol. The first-order valence-electron chi connectivity index (χ1n) is 6.85. The Kier molecular flexibility index (Phi) is 8.10. The summed E-state index contributed by atoms with van der Waals surface area (Å²) in [7, 11) is 1.66. The molecule has 0 saturated carbocycles. The van der Waals surface area contributed by atoms with Crippen LogP contribution in [0.2, 0.25) is 0 Å². The molecule has 0 fully saturated rings. The van der Waals surface area contributed by atoms with Gasteiger partial charge in [0.2, 0.25) is 0 Å². The number of unbranched alkanes of at least 4 members (excludes halogenated alkanes) is 2. The first kappa shape index (κ1) is 17.2. The Bertz CT molecular complexity index is 520. The fourth-order valence-electron chi connectivity index (χ4n) is 1.80. The Labute approximate surface area is 124 Å². The molecular weight excluding hydrogens is 273 g/mol. The second-order valence-corrected chi connectivity index (χ2v) is 4.46. The maximum Gasteiger partial charge on any atom is 0.252 e. The van der Waals surface area contributed by atoms with Crippen LogP contribution in [0.25, 0.3) is 0 Å². The number of hydrogen-bond donors (Lipinski definition) is 2. The van der Waals surface area contributed by atoms with Crippen molar-refractivity contribution < 1.29 is 19.0 Å². The van der Waals surface area contributed by atoms with E-state index in [1.165, 1.54) is 18.2 Å². The quantitative estimate of drug-likeness (QED) is 0.594. The summed E-state index contributed by atoms with van der Waals surface area (Å²) in [5.74, 6) is 4.26. The number of benzene rings is 1. The molecule has 0 heterocycles. The van der Waals surface area contributed by atoms with E-state index in [9.17, 15) is 9.18 Å². The van der Waals surface area contributed by atoms with Gasteiger partial charge >= 0.3 is 0 Å². The Morgan fingerprint density at radius 3 is 2.90 bits per heavy atom. The summed E-state index contributed by atoms with van der Waals surface area (Å²) in [6.07, 6.45) is 2.78. The minimum absolute atomic E-state index is 0.279. The maximum absolute atomic E-state index is 13.2. The number of nitrogens with one attached hydrogen (secondary N) is 1. The van der Waals surface area contributed by atoms with Crippen molar-refractivity contribution in [2.75, 3.05) is 26.9 Å². The second-order valence-electron chi connectivity index (χ2n) is 4.46. The van der Waals surface area contributed by atoms with E-state index in [2.05, 4.69) is 17.2 Å². The lowest BCUT2D eigenvalue weighted by molar-refractivity contribution is 0.0952. The van der Waals surface area contributed by atoms with Gasteiger partial charge in [-0.1, -0.05) is 11.8 Å². The number of methoxy groups -OCH3 is 1. The largest absolute Gasteiger partial charge is 0.385 e. The molecule has 0 radical (unpaired) electrons. The number of rotatable bonds is 7. The molecule has 1 amide bonds. The van der Waals surface area contributed by atoms with E-state index in [-0.39, 0.29) is 18.1 Å². The van der Waals surface area contributed by atoms with Gasteiger partial charge < -0.3 is 15.2 Å². The number of ether oxygens (including phenoxy) is 1. The fraction of sp³-hybridized carbons (Fsp3) is 0.438. The minimum Gasteiger partial charge on any atom is -0.385 e. The van der Waals surface area contributed by atoms with Gasteiger partial charge in [0.05, 0.1) is 5.56 Å². The van der Waals surface area contributed by atoms with Gasteiger partial charge in [-0.25, -0.2) is 4.39 Å². The number of halogens is 1. The average molecular weight is 293 g/mol. The van der Waals surface area contributed by atoms with Crippen molar-refractivity contribution in [3.63, 3.8) is 0 Å². The van der Waals surface area contributed by atoms with Gasteiger partial charge in [0.25, 0.3) is 5.91 Å². The summed E-state index contributed by atoms with van der Waals surface area (Å²) in [4.78, 5) is 12.0. The highest BCUT2D eigenvalue weighted by atomic mass is 19.1. The zero-order chi connectivity index (χ0) is 15.5. The standard InChI is InChI=1S/C16H20FNO3/c1-21-11-4-2-3-9-18-16(20)15-8-7-14(17)12-13(15)6-5-10-19/h7-8,12,19H,2-4,9-11H2,1H3,(H,18,20). The Balaban J connectivity index is 2.57. The Morgan fingerprint density at radius 1 is 1.38 bits per heavy atom. The third-order valence-electron chi connectivity index (χ3n) is 2.84. The molecular formula is C16H20FNO3. The fourth-order valence-corrected chi connectivity index (χ4v) is 1.80. The van der Waals surface area contributed by atoms with Gasteiger partial charge in [0, 0.05) is 25.8 Å². The monoisotopic (exact) mass is 293 g/mol. The first-order chi connectivity index (χ1) is 10.2. The van der Waals surface area contributed by atoms with Crippen LogP contribution < -0.4 is 5.32 Å². The summed E-state index contributed by atoms with van der Waals surface area (Å²) in [5, 5.41) is 11.5. The molecule has 0 saturated heterocycles. The van der Waals surface area contributed by atoms with Crippen LogP contribution >= 0.6 is 0 Å². The van der Waals surface area contributed by atoms with Crippen LogP contribution in [-0.2, 0) is 4.74 Å². The highest BCUT2D eigenvalue weighted by Gasteiger charge is 2.10. The van der Waals surface area contributed by atoms with E-state index >= 15 is 0 Å². The predicted octanol–water partition coefficient (Wildman–Crippen LogP) is 1.72. The number of aliphatic hydroxyl groups excluding tert-OH is 1. The molecule has 2 N–H and O–H groups in total. The van der Waals surface area contributed by atoms with Crippen molar-refractivity contribution in [2.45, 2.75) is 19.3 Å². The summed E-state index contributed by atoms with van der Waals surface area (Å²) in [6.45, 7) is 0.927.